The summed E-state index contributed by atoms with van der Waals surface area (Å²) in [5.41, 5.74) is 0.697. The van der Waals surface area contributed by atoms with Gasteiger partial charge in [-0.2, -0.15) is 0 Å². The van der Waals surface area contributed by atoms with Gasteiger partial charge in [0.2, 0.25) is 0 Å². The van der Waals surface area contributed by atoms with Crippen molar-refractivity contribution in [1.29, 1.82) is 0 Å². The lowest BCUT2D eigenvalue weighted by atomic mass is 9.95. The van der Waals surface area contributed by atoms with E-state index in [0.29, 0.717) is 5.56 Å². The van der Waals surface area contributed by atoms with Crippen molar-refractivity contribution in [1.82, 2.24) is 0 Å². The van der Waals surface area contributed by atoms with E-state index >= 15 is 0 Å². The van der Waals surface area contributed by atoms with E-state index in [1.807, 2.05) is 24.3 Å². The van der Waals surface area contributed by atoms with E-state index in [2.05, 4.69) is 15.9 Å². The van der Waals surface area contributed by atoms with Crippen molar-refractivity contribution in [2.75, 3.05) is 13.7 Å². The number of carbonyl (C=O) groups excluding carboxylic acids is 1. The van der Waals surface area contributed by atoms with E-state index < -0.39 is 0 Å². The summed E-state index contributed by atoms with van der Waals surface area (Å²) in [6.45, 7) is 0.155. The maximum atomic E-state index is 12.0. The summed E-state index contributed by atoms with van der Waals surface area (Å²) in [6.07, 6.45) is 4.55. The molecule has 0 spiro atoms. The molecule has 1 saturated carbocycles. The Labute approximate surface area is 122 Å². The third-order valence-corrected chi connectivity index (χ3v) is 4.06. The molecule has 19 heavy (non-hydrogen) atoms. The average molecular weight is 327 g/mol. The molecule has 1 fully saturated rings. The standard InChI is InChI=1S/C15H19BrO3/c1-18-13-3-2-4-14(9-13)19-10-15(17)11-5-7-12(16)8-6-11/h5-8,13-14H,2-4,9-10H2,1H3. The Morgan fingerprint density at radius 1 is 1.26 bits per heavy atom. The van der Waals surface area contributed by atoms with Gasteiger partial charge in [0.05, 0.1) is 12.2 Å². The molecule has 0 heterocycles. The molecular weight excluding hydrogens is 308 g/mol. The monoisotopic (exact) mass is 326 g/mol. The minimum atomic E-state index is 0.0343. The Kier molecular flexibility index (Phi) is 5.55. The Hall–Kier alpha value is -0.710. The lowest BCUT2D eigenvalue weighted by molar-refractivity contribution is -0.0243. The minimum Gasteiger partial charge on any atom is -0.381 e. The molecule has 4 heteroatoms. The number of rotatable bonds is 5. The summed E-state index contributed by atoms with van der Waals surface area (Å²) in [6, 6.07) is 7.37. The highest BCUT2D eigenvalue weighted by atomic mass is 79.9. The van der Waals surface area contributed by atoms with Crippen LogP contribution in [0.4, 0.5) is 0 Å². The van der Waals surface area contributed by atoms with Crippen LogP contribution < -0.4 is 0 Å². The molecule has 0 N–H and O–H groups in total. The van der Waals surface area contributed by atoms with Gasteiger partial charge in [-0.05, 0) is 37.8 Å². The van der Waals surface area contributed by atoms with E-state index in [1.165, 1.54) is 0 Å². The third-order valence-electron chi connectivity index (χ3n) is 3.53. The maximum Gasteiger partial charge on any atom is 0.188 e. The summed E-state index contributed by atoms with van der Waals surface area (Å²) in [5.74, 6) is 0.0343. The van der Waals surface area contributed by atoms with Crippen molar-refractivity contribution in [3.63, 3.8) is 0 Å². The van der Waals surface area contributed by atoms with Crippen LogP contribution in [0.1, 0.15) is 36.0 Å². The Morgan fingerprint density at radius 2 is 1.95 bits per heavy atom. The van der Waals surface area contributed by atoms with Gasteiger partial charge in [0, 0.05) is 17.1 Å². The summed E-state index contributed by atoms with van der Waals surface area (Å²) >= 11 is 3.35. The second-order valence-corrected chi connectivity index (χ2v) is 5.80. The second kappa shape index (κ2) is 7.17. The molecule has 104 valence electrons. The number of methoxy groups -OCH3 is 1. The molecule has 1 aliphatic rings. The molecule has 1 aromatic carbocycles. The van der Waals surface area contributed by atoms with Crippen LogP contribution in [0.25, 0.3) is 0 Å². The molecule has 0 aliphatic heterocycles. The normalized spacial score (nSPS) is 23.3. The van der Waals surface area contributed by atoms with Crippen LogP contribution in [0, 0.1) is 0 Å². The van der Waals surface area contributed by atoms with Gasteiger partial charge in [-0.25, -0.2) is 0 Å². The molecule has 0 amide bonds. The molecular formula is C15H19BrO3. The number of hydrogen-bond donors (Lipinski definition) is 0. The van der Waals surface area contributed by atoms with E-state index in [9.17, 15) is 4.79 Å². The van der Waals surface area contributed by atoms with Crippen LogP contribution in [0.3, 0.4) is 0 Å². The van der Waals surface area contributed by atoms with Gasteiger partial charge in [-0.3, -0.25) is 4.79 Å². The number of ketones is 1. The smallest absolute Gasteiger partial charge is 0.188 e. The first kappa shape index (κ1) is 14.7. The zero-order valence-electron chi connectivity index (χ0n) is 11.1. The van der Waals surface area contributed by atoms with Gasteiger partial charge in [-0.15, -0.1) is 0 Å². The van der Waals surface area contributed by atoms with Crippen molar-refractivity contribution in [2.45, 2.75) is 37.9 Å². The Bertz CT molecular complexity index is 416. The topological polar surface area (TPSA) is 35.5 Å². The molecule has 2 atom stereocenters. The van der Waals surface area contributed by atoms with Crippen LogP contribution >= 0.6 is 15.9 Å². The molecule has 0 bridgehead atoms. The van der Waals surface area contributed by atoms with E-state index in [1.54, 1.807) is 7.11 Å². The first-order valence-corrected chi connectivity index (χ1v) is 7.41. The van der Waals surface area contributed by atoms with Crippen molar-refractivity contribution in [3.8, 4) is 0 Å². The number of benzene rings is 1. The summed E-state index contributed by atoms with van der Waals surface area (Å²) in [4.78, 5) is 12.0. The number of Topliss-reactive ketones (excluding diaryl/α,β-unsaturated/α-hetero) is 1. The lowest BCUT2D eigenvalue weighted by Gasteiger charge is -2.27. The average Bonchev–Trinajstić information content (AvgIpc) is 2.46. The Balaban J connectivity index is 1.81. The third kappa shape index (κ3) is 4.41. The fourth-order valence-corrected chi connectivity index (χ4v) is 2.64. The largest absolute Gasteiger partial charge is 0.381 e. The van der Waals surface area contributed by atoms with Crippen molar-refractivity contribution in [3.05, 3.63) is 34.3 Å². The van der Waals surface area contributed by atoms with Crippen molar-refractivity contribution in [2.24, 2.45) is 0 Å². The Morgan fingerprint density at radius 3 is 2.63 bits per heavy atom. The molecule has 1 aromatic rings. The zero-order valence-corrected chi connectivity index (χ0v) is 12.7. The van der Waals surface area contributed by atoms with Crippen LogP contribution in [-0.2, 0) is 9.47 Å². The fraction of sp³-hybridized carbons (Fsp3) is 0.533. The van der Waals surface area contributed by atoms with E-state index in [4.69, 9.17) is 9.47 Å². The zero-order chi connectivity index (χ0) is 13.7. The fourth-order valence-electron chi connectivity index (χ4n) is 2.38. The van der Waals surface area contributed by atoms with Gasteiger partial charge in [0.1, 0.15) is 6.61 Å². The minimum absolute atomic E-state index is 0.0343. The number of halogens is 1. The molecule has 0 radical (unpaired) electrons. The van der Waals surface area contributed by atoms with Crippen molar-refractivity contribution < 1.29 is 14.3 Å². The van der Waals surface area contributed by atoms with Crippen LogP contribution in [0.2, 0.25) is 0 Å². The maximum absolute atomic E-state index is 12.0. The first-order valence-electron chi connectivity index (χ1n) is 6.62. The van der Waals surface area contributed by atoms with Gasteiger partial charge in [0.25, 0.3) is 0 Å². The van der Waals surface area contributed by atoms with Crippen LogP contribution in [-0.4, -0.2) is 31.7 Å². The van der Waals surface area contributed by atoms with Crippen molar-refractivity contribution >= 4 is 21.7 Å². The predicted molar refractivity (Wildman–Crippen MR) is 77.5 cm³/mol. The van der Waals surface area contributed by atoms with Gasteiger partial charge in [-0.1, -0.05) is 28.1 Å². The highest BCUT2D eigenvalue weighted by Crippen LogP contribution is 2.23. The van der Waals surface area contributed by atoms with Gasteiger partial charge >= 0.3 is 0 Å². The molecule has 1 aliphatic carbocycles. The SMILES string of the molecule is COC1CCCC(OCC(=O)c2ccc(Br)cc2)C1. The molecule has 0 saturated heterocycles. The summed E-state index contributed by atoms with van der Waals surface area (Å²) < 4.78 is 12.0. The number of ether oxygens (including phenoxy) is 2. The first-order chi connectivity index (χ1) is 9.19. The summed E-state index contributed by atoms with van der Waals surface area (Å²) in [5, 5.41) is 0. The number of carbonyl (C=O) groups is 1. The molecule has 2 rings (SSSR count). The second-order valence-electron chi connectivity index (χ2n) is 4.89. The van der Waals surface area contributed by atoms with Crippen LogP contribution in [0.15, 0.2) is 28.7 Å². The number of hydrogen-bond acceptors (Lipinski definition) is 3. The predicted octanol–water partition coefficient (Wildman–Crippen LogP) is 3.61. The molecule has 2 unspecified atom stereocenters. The highest BCUT2D eigenvalue weighted by Gasteiger charge is 2.22. The van der Waals surface area contributed by atoms with Gasteiger partial charge in [0.15, 0.2) is 5.78 Å². The quantitative estimate of drug-likeness (QED) is 0.775. The lowest BCUT2D eigenvalue weighted by Crippen LogP contribution is -2.29. The summed E-state index contributed by atoms with van der Waals surface area (Å²) in [7, 11) is 1.74. The van der Waals surface area contributed by atoms with Crippen LogP contribution in [0.5, 0.6) is 0 Å². The highest BCUT2D eigenvalue weighted by molar-refractivity contribution is 9.10. The van der Waals surface area contributed by atoms with E-state index in [0.717, 1.165) is 30.2 Å². The van der Waals surface area contributed by atoms with Gasteiger partial charge < -0.3 is 9.47 Å². The molecule has 3 nitrogen and oxygen atoms in total. The molecule has 0 aromatic heterocycles. The van der Waals surface area contributed by atoms with E-state index in [-0.39, 0.29) is 24.6 Å².